The van der Waals surface area contributed by atoms with Crippen molar-refractivity contribution in [3.05, 3.63) is 15.6 Å². The molecule has 0 amide bonds. The third kappa shape index (κ3) is 4.27. The molecule has 2 rings (SSSR count). The first-order valence-corrected chi connectivity index (χ1v) is 6.51. The molecule has 96 valence electrons. The number of aromatic nitrogens is 1. The van der Waals surface area contributed by atoms with Gasteiger partial charge in [-0.05, 0) is 19.8 Å². The number of nitrogens with one attached hydrogen (secondary N) is 1. The number of nitrogens with zero attached hydrogens (tertiary/aromatic N) is 1. The highest BCUT2D eigenvalue weighted by Gasteiger charge is 2.27. The molecule has 1 heterocycles. The van der Waals surface area contributed by atoms with Crippen LogP contribution in [0.5, 0.6) is 0 Å². The van der Waals surface area contributed by atoms with Gasteiger partial charge in [-0.3, -0.25) is 0 Å². The molecular weight excluding hydrogens is 249 g/mol. The first-order valence-electron chi connectivity index (χ1n) is 5.69. The van der Waals surface area contributed by atoms with Crippen molar-refractivity contribution in [3.8, 4) is 0 Å². The number of hydrogen-bond acceptors (Lipinski definition) is 3. The lowest BCUT2D eigenvalue weighted by molar-refractivity contribution is -0.134. The van der Waals surface area contributed by atoms with Gasteiger partial charge in [0.25, 0.3) is 0 Å². The van der Waals surface area contributed by atoms with Gasteiger partial charge in [0.05, 0.1) is 10.7 Å². The van der Waals surface area contributed by atoms with Crippen molar-refractivity contribution in [2.75, 3.05) is 0 Å². The second-order valence-corrected chi connectivity index (χ2v) is 5.55. The van der Waals surface area contributed by atoms with E-state index in [1.165, 1.54) is 24.2 Å². The summed E-state index contributed by atoms with van der Waals surface area (Å²) in [7, 11) is 0. The van der Waals surface area contributed by atoms with E-state index in [9.17, 15) is 13.2 Å². The van der Waals surface area contributed by atoms with Crippen LogP contribution in [0.1, 0.15) is 34.8 Å². The minimum absolute atomic E-state index is 0.00155. The Balaban J connectivity index is 1.87. The fourth-order valence-corrected chi connectivity index (χ4v) is 2.55. The van der Waals surface area contributed by atoms with E-state index in [0.717, 1.165) is 17.1 Å². The van der Waals surface area contributed by atoms with Gasteiger partial charge in [0, 0.05) is 30.3 Å². The van der Waals surface area contributed by atoms with E-state index in [1.54, 1.807) is 0 Å². The lowest BCUT2D eigenvalue weighted by Crippen LogP contribution is -2.14. The highest BCUT2D eigenvalue weighted by molar-refractivity contribution is 7.11. The van der Waals surface area contributed by atoms with Crippen molar-refractivity contribution in [1.82, 2.24) is 10.3 Å². The molecular formula is C11H15F3N2S. The number of rotatable bonds is 5. The summed E-state index contributed by atoms with van der Waals surface area (Å²) < 4.78 is 36.2. The third-order valence-corrected chi connectivity index (χ3v) is 3.91. The molecule has 0 radical (unpaired) electrons. The lowest BCUT2D eigenvalue weighted by atomic mass is 10.3. The van der Waals surface area contributed by atoms with Crippen molar-refractivity contribution in [3.63, 3.8) is 0 Å². The highest BCUT2D eigenvalue weighted by atomic mass is 32.1. The molecule has 1 saturated carbocycles. The summed E-state index contributed by atoms with van der Waals surface area (Å²) >= 11 is 1.40. The summed E-state index contributed by atoms with van der Waals surface area (Å²) in [4.78, 5) is 5.25. The third-order valence-electron chi connectivity index (χ3n) is 2.69. The summed E-state index contributed by atoms with van der Waals surface area (Å²) in [6.07, 6.45) is -2.46. The van der Waals surface area contributed by atoms with E-state index in [-0.39, 0.29) is 6.42 Å². The number of thiazole rings is 1. The maximum atomic E-state index is 12.1. The molecule has 0 unspecified atom stereocenters. The van der Waals surface area contributed by atoms with E-state index >= 15 is 0 Å². The molecule has 1 aromatic rings. The zero-order chi connectivity index (χ0) is 12.5. The molecule has 17 heavy (non-hydrogen) atoms. The van der Waals surface area contributed by atoms with Gasteiger partial charge in [-0.15, -0.1) is 11.3 Å². The average molecular weight is 264 g/mol. The largest absolute Gasteiger partial charge is 0.389 e. The number of halogens is 3. The van der Waals surface area contributed by atoms with Crippen molar-refractivity contribution in [2.24, 2.45) is 0 Å². The van der Waals surface area contributed by atoms with Crippen LogP contribution >= 0.6 is 11.3 Å². The predicted octanol–water partition coefficient (Wildman–Crippen LogP) is 3.20. The van der Waals surface area contributed by atoms with Crippen LogP contribution in [0.2, 0.25) is 0 Å². The van der Waals surface area contributed by atoms with Crippen LogP contribution < -0.4 is 5.32 Å². The maximum Gasteiger partial charge on any atom is 0.389 e. The van der Waals surface area contributed by atoms with Gasteiger partial charge < -0.3 is 5.32 Å². The van der Waals surface area contributed by atoms with Crippen molar-refractivity contribution in [1.29, 1.82) is 0 Å². The molecule has 1 aliphatic rings. The summed E-state index contributed by atoms with van der Waals surface area (Å²) in [6.45, 7) is 2.59. The predicted molar refractivity (Wildman–Crippen MR) is 61.1 cm³/mol. The summed E-state index contributed by atoms with van der Waals surface area (Å²) in [5.74, 6) is 0. The van der Waals surface area contributed by atoms with Crippen molar-refractivity contribution >= 4 is 11.3 Å². The molecule has 1 aliphatic carbocycles. The summed E-state index contributed by atoms with van der Waals surface area (Å²) in [6, 6.07) is 0.607. The fourth-order valence-electron chi connectivity index (χ4n) is 1.53. The molecule has 0 bridgehead atoms. The Bertz CT molecular complexity index is 383. The van der Waals surface area contributed by atoms with Gasteiger partial charge in [-0.1, -0.05) is 0 Å². The molecule has 6 heteroatoms. The smallest absolute Gasteiger partial charge is 0.309 e. The highest BCUT2D eigenvalue weighted by Crippen LogP contribution is 2.26. The van der Waals surface area contributed by atoms with Crippen LogP contribution in [0.4, 0.5) is 13.2 Å². The van der Waals surface area contributed by atoms with E-state index in [0.29, 0.717) is 11.0 Å². The minimum Gasteiger partial charge on any atom is -0.309 e. The second-order valence-electron chi connectivity index (χ2n) is 4.39. The van der Waals surface area contributed by atoms with Crippen LogP contribution in [0.3, 0.4) is 0 Å². The normalized spacial score (nSPS) is 16.5. The minimum atomic E-state index is -4.09. The van der Waals surface area contributed by atoms with Crippen LogP contribution in [-0.2, 0) is 13.0 Å². The molecule has 0 spiro atoms. The topological polar surface area (TPSA) is 24.9 Å². The van der Waals surface area contributed by atoms with Crippen LogP contribution in [0, 0.1) is 6.92 Å². The van der Waals surface area contributed by atoms with Crippen LogP contribution in [-0.4, -0.2) is 17.2 Å². The Morgan fingerprint density at radius 1 is 1.41 bits per heavy atom. The second kappa shape index (κ2) is 4.94. The number of aryl methyl sites for hydroxylation is 2. The van der Waals surface area contributed by atoms with Gasteiger partial charge in [0.2, 0.25) is 0 Å². The first-order chi connectivity index (χ1) is 7.94. The Morgan fingerprint density at radius 3 is 2.71 bits per heavy atom. The summed E-state index contributed by atoms with van der Waals surface area (Å²) in [5.41, 5.74) is 0.861. The number of alkyl halides is 3. The van der Waals surface area contributed by atoms with Gasteiger partial charge in [0.1, 0.15) is 0 Å². The van der Waals surface area contributed by atoms with Crippen molar-refractivity contribution in [2.45, 2.75) is 51.4 Å². The molecule has 0 saturated heterocycles. The van der Waals surface area contributed by atoms with Gasteiger partial charge in [-0.25, -0.2) is 4.98 Å². The molecule has 0 aliphatic heterocycles. The zero-order valence-corrected chi connectivity index (χ0v) is 10.4. The molecule has 0 aromatic carbocycles. The van der Waals surface area contributed by atoms with Crippen molar-refractivity contribution < 1.29 is 13.2 Å². The monoisotopic (exact) mass is 264 g/mol. The van der Waals surface area contributed by atoms with Crippen LogP contribution in [0.25, 0.3) is 0 Å². The Kier molecular flexibility index (Phi) is 3.73. The summed E-state index contributed by atoms with van der Waals surface area (Å²) in [5, 5.41) is 3.94. The Hall–Kier alpha value is -0.620. The van der Waals surface area contributed by atoms with E-state index < -0.39 is 12.6 Å². The van der Waals surface area contributed by atoms with E-state index in [2.05, 4.69) is 10.3 Å². The molecule has 1 aromatic heterocycles. The van der Waals surface area contributed by atoms with E-state index in [4.69, 9.17) is 0 Å². The van der Waals surface area contributed by atoms with Gasteiger partial charge in [-0.2, -0.15) is 13.2 Å². The fraction of sp³-hybridized carbons (Fsp3) is 0.727. The molecule has 2 nitrogen and oxygen atoms in total. The SMILES string of the molecule is Cc1nc(CCC(F)(F)F)sc1CNC1CC1. The first kappa shape index (κ1) is 12.8. The molecule has 1 N–H and O–H groups in total. The van der Waals surface area contributed by atoms with E-state index in [1.807, 2.05) is 6.92 Å². The quantitative estimate of drug-likeness (QED) is 0.883. The lowest BCUT2D eigenvalue weighted by Gasteiger charge is -2.02. The standard InChI is InChI=1S/C11H15F3N2S/c1-7-9(6-15-8-2-3-8)17-10(16-7)4-5-11(12,13)14/h8,15H,2-6H2,1H3. The van der Waals surface area contributed by atoms with Gasteiger partial charge >= 0.3 is 6.18 Å². The number of hydrogen-bond donors (Lipinski definition) is 1. The Labute approximate surface area is 102 Å². The zero-order valence-electron chi connectivity index (χ0n) is 9.60. The maximum absolute atomic E-state index is 12.1. The molecule has 0 atom stereocenters. The Morgan fingerprint density at radius 2 is 2.12 bits per heavy atom. The molecule has 1 fully saturated rings. The van der Waals surface area contributed by atoms with Crippen LogP contribution in [0.15, 0.2) is 0 Å². The average Bonchev–Trinajstić information content (AvgIpc) is 2.97. The van der Waals surface area contributed by atoms with Gasteiger partial charge in [0.15, 0.2) is 0 Å².